The van der Waals surface area contributed by atoms with Gasteiger partial charge < -0.3 is 4.74 Å². The third kappa shape index (κ3) is 3.29. The van der Waals surface area contributed by atoms with Gasteiger partial charge in [-0.2, -0.15) is 10.2 Å². The van der Waals surface area contributed by atoms with Crippen LogP contribution in [0.15, 0.2) is 30.6 Å². The molecule has 0 atom stereocenters. The van der Waals surface area contributed by atoms with Crippen LogP contribution >= 0.6 is 11.6 Å². The summed E-state index contributed by atoms with van der Waals surface area (Å²) >= 11 is 6.03. The largest absolute Gasteiger partial charge is 0.465 e. The molecular formula is C19H16ClF3N4O2. The Balaban J connectivity index is 1.78. The first-order valence-corrected chi connectivity index (χ1v) is 9.10. The molecule has 1 aliphatic carbocycles. The number of hydrogen-bond donors (Lipinski definition) is 0. The van der Waals surface area contributed by atoms with Gasteiger partial charge in [0.25, 0.3) is 6.43 Å². The van der Waals surface area contributed by atoms with E-state index in [4.69, 9.17) is 16.3 Å². The fraction of sp³-hybridized carbons (Fsp3) is 0.316. The van der Waals surface area contributed by atoms with E-state index in [-0.39, 0.29) is 34.9 Å². The Morgan fingerprint density at radius 2 is 2.03 bits per heavy atom. The van der Waals surface area contributed by atoms with Crippen LogP contribution in [0.1, 0.15) is 40.9 Å². The van der Waals surface area contributed by atoms with Gasteiger partial charge in [0.05, 0.1) is 29.5 Å². The van der Waals surface area contributed by atoms with Crippen molar-refractivity contribution >= 4 is 17.6 Å². The average molecular weight is 425 g/mol. The van der Waals surface area contributed by atoms with E-state index in [9.17, 15) is 18.0 Å². The van der Waals surface area contributed by atoms with Crippen LogP contribution < -0.4 is 0 Å². The molecule has 1 aromatic carbocycles. The number of halogens is 4. The molecule has 2 heterocycles. The lowest BCUT2D eigenvalue weighted by Crippen LogP contribution is -2.06. The molecule has 1 aliphatic rings. The number of carbonyl (C=O) groups excluding carboxylic acids is 1. The highest BCUT2D eigenvalue weighted by Crippen LogP contribution is 2.52. The summed E-state index contributed by atoms with van der Waals surface area (Å²) in [6.07, 6.45) is 0.406. The van der Waals surface area contributed by atoms with Gasteiger partial charge in [-0.15, -0.1) is 0 Å². The normalized spacial score (nSPS) is 15.0. The Morgan fingerprint density at radius 3 is 2.66 bits per heavy atom. The van der Waals surface area contributed by atoms with Crippen LogP contribution in [0.3, 0.4) is 0 Å². The van der Waals surface area contributed by atoms with Gasteiger partial charge in [-0.3, -0.25) is 4.68 Å². The van der Waals surface area contributed by atoms with E-state index in [1.807, 2.05) is 0 Å². The van der Waals surface area contributed by atoms with Crippen LogP contribution in [0, 0.1) is 0 Å². The van der Waals surface area contributed by atoms with Gasteiger partial charge in [0.2, 0.25) is 0 Å². The molecule has 0 radical (unpaired) electrons. The highest BCUT2D eigenvalue weighted by atomic mass is 35.5. The lowest BCUT2D eigenvalue weighted by atomic mass is 10.1. The van der Waals surface area contributed by atoms with E-state index in [1.54, 1.807) is 6.07 Å². The number of hydrogen-bond acceptors (Lipinski definition) is 4. The summed E-state index contributed by atoms with van der Waals surface area (Å²) in [5.74, 6) is -0.606. The number of rotatable bonds is 5. The molecule has 1 fully saturated rings. The molecule has 2 aromatic heterocycles. The smallest absolute Gasteiger partial charge is 0.339 e. The molecule has 152 valence electrons. The van der Waals surface area contributed by atoms with Crippen molar-refractivity contribution in [2.45, 2.75) is 24.9 Å². The van der Waals surface area contributed by atoms with E-state index < -0.39 is 23.6 Å². The van der Waals surface area contributed by atoms with Crippen LogP contribution in [-0.2, 0) is 17.5 Å². The van der Waals surface area contributed by atoms with Crippen molar-refractivity contribution in [1.82, 2.24) is 19.6 Å². The zero-order valence-corrected chi connectivity index (χ0v) is 16.3. The molecule has 29 heavy (non-hydrogen) atoms. The van der Waals surface area contributed by atoms with Crippen LogP contribution in [0.2, 0.25) is 5.02 Å². The van der Waals surface area contributed by atoms with E-state index in [2.05, 4.69) is 10.2 Å². The topological polar surface area (TPSA) is 61.9 Å². The molecular weight excluding hydrogens is 409 g/mol. The van der Waals surface area contributed by atoms with Crippen molar-refractivity contribution < 1.29 is 22.7 Å². The van der Waals surface area contributed by atoms with Gasteiger partial charge in [0, 0.05) is 18.8 Å². The first-order chi connectivity index (χ1) is 13.7. The van der Waals surface area contributed by atoms with Crippen LogP contribution in [0.4, 0.5) is 13.2 Å². The molecule has 0 amide bonds. The zero-order valence-electron chi connectivity index (χ0n) is 15.5. The van der Waals surface area contributed by atoms with Gasteiger partial charge in [0.1, 0.15) is 5.69 Å². The van der Waals surface area contributed by atoms with E-state index in [1.165, 1.54) is 48.0 Å². The van der Waals surface area contributed by atoms with Crippen molar-refractivity contribution in [3.63, 3.8) is 0 Å². The summed E-state index contributed by atoms with van der Waals surface area (Å²) in [4.78, 5) is 11.9. The van der Waals surface area contributed by atoms with Gasteiger partial charge in [-0.05, 0) is 30.5 Å². The Morgan fingerprint density at radius 1 is 1.31 bits per heavy atom. The Kier molecular flexibility index (Phi) is 4.65. The number of benzene rings is 1. The van der Waals surface area contributed by atoms with E-state index in [0.717, 1.165) is 0 Å². The minimum atomic E-state index is -2.91. The number of nitrogens with zero attached hydrogens (tertiary/aromatic N) is 4. The van der Waals surface area contributed by atoms with E-state index in [0.29, 0.717) is 11.1 Å². The third-order valence-electron chi connectivity index (χ3n) is 4.89. The minimum Gasteiger partial charge on any atom is -0.465 e. The Labute approximate surface area is 168 Å². The number of aromatic nitrogens is 4. The molecule has 1 saturated carbocycles. The third-order valence-corrected chi connectivity index (χ3v) is 5.22. The second-order valence-electron chi connectivity index (χ2n) is 6.84. The maximum atomic E-state index is 14.5. The number of methoxy groups -OCH3 is 1. The molecule has 10 heteroatoms. The van der Waals surface area contributed by atoms with Crippen molar-refractivity contribution in [3.8, 4) is 16.9 Å². The highest BCUT2D eigenvalue weighted by molar-refractivity contribution is 6.33. The summed E-state index contributed by atoms with van der Waals surface area (Å²) in [7, 11) is 2.71. The SMILES string of the molecule is COC(=O)c1cc(-c2cnn(-c3c(C(F)F)c(C4(F)CC4)nn3C)c2)ccc1Cl. The fourth-order valence-electron chi connectivity index (χ4n) is 3.24. The summed E-state index contributed by atoms with van der Waals surface area (Å²) in [6, 6.07) is 4.73. The Hall–Kier alpha value is -2.81. The number of alkyl halides is 3. The maximum absolute atomic E-state index is 14.5. The second kappa shape index (κ2) is 6.91. The van der Waals surface area contributed by atoms with Crippen molar-refractivity contribution in [3.05, 3.63) is 52.4 Å². The lowest BCUT2D eigenvalue weighted by molar-refractivity contribution is 0.0601. The van der Waals surface area contributed by atoms with Gasteiger partial charge >= 0.3 is 5.97 Å². The predicted octanol–water partition coefficient (Wildman–Crippen LogP) is 4.61. The average Bonchev–Trinajstić information content (AvgIpc) is 3.11. The summed E-state index contributed by atoms with van der Waals surface area (Å²) in [6.45, 7) is 0. The highest BCUT2D eigenvalue weighted by Gasteiger charge is 2.51. The summed E-state index contributed by atoms with van der Waals surface area (Å²) in [5, 5.41) is 8.38. The summed E-state index contributed by atoms with van der Waals surface area (Å²) < 4.78 is 49.2. The number of ether oxygens (including phenoxy) is 1. The molecule has 0 N–H and O–H groups in total. The second-order valence-corrected chi connectivity index (χ2v) is 7.24. The Bertz CT molecular complexity index is 1110. The molecule has 0 unspecified atom stereocenters. The minimum absolute atomic E-state index is 0.00710. The number of aryl methyl sites for hydroxylation is 1. The van der Waals surface area contributed by atoms with Crippen LogP contribution in [0.25, 0.3) is 16.9 Å². The quantitative estimate of drug-likeness (QED) is 0.561. The molecule has 0 saturated heterocycles. The van der Waals surface area contributed by atoms with Gasteiger partial charge in [-0.25, -0.2) is 22.6 Å². The summed E-state index contributed by atoms with van der Waals surface area (Å²) in [5.41, 5.74) is -1.19. The first-order valence-electron chi connectivity index (χ1n) is 8.73. The van der Waals surface area contributed by atoms with Crippen LogP contribution in [-0.4, -0.2) is 32.6 Å². The van der Waals surface area contributed by atoms with Crippen LogP contribution in [0.5, 0.6) is 0 Å². The molecule has 0 aliphatic heterocycles. The van der Waals surface area contributed by atoms with E-state index >= 15 is 0 Å². The van der Waals surface area contributed by atoms with Crippen molar-refractivity contribution in [2.24, 2.45) is 7.05 Å². The standard InChI is InChI=1S/C19H16ClF3N4O2/c1-26-17(14(16(21)22)15(25-26)19(23)5-6-19)27-9-11(8-24-27)10-3-4-13(20)12(7-10)18(28)29-2/h3-4,7-9,16H,5-6H2,1-2H3. The molecule has 0 bridgehead atoms. The molecule has 0 spiro atoms. The molecule has 4 rings (SSSR count). The fourth-order valence-corrected chi connectivity index (χ4v) is 3.44. The lowest BCUT2D eigenvalue weighted by Gasteiger charge is -2.08. The number of esters is 1. The van der Waals surface area contributed by atoms with Crippen molar-refractivity contribution in [2.75, 3.05) is 7.11 Å². The monoisotopic (exact) mass is 424 g/mol. The van der Waals surface area contributed by atoms with Crippen molar-refractivity contribution in [1.29, 1.82) is 0 Å². The number of carbonyl (C=O) groups is 1. The first kappa shape index (κ1) is 19.5. The maximum Gasteiger partial charge on any atom is 0.339 e. The van der Waals surface area contributed by atoms with Gasteiger partial charge in [-0.1, -0.05) is 17.7 Å². The molecule has 3 aromatic rings. The zero-order chi connectivity index (χ0) is 20.9. The van der Waals surface area contributed by atoms with Gasteiger partial charge in [0.15, 0.2) is 11.5 Å². The predicted molar refractivity (Wildman–Crippen MR) is 99.1 cm³/mol. The molecule has 6 nitrogen and oxygen atoms in total.